The van der Waals surface area contributed by atoms with E-state index in [1.807, 2.05) is 31.2 Å². The van der Waals surface area contributed by atoms with Crippen molar-refractivity contribution in [1.82, 2.24) is 9.97 Å². The van der Waals surface area contributed by atoms with Gasteiger partial charge in [0.15, 0.2) is 0 Å². The van der Waals surface area contributed by atoms with Gasteiger partial charge in [0.2, 0.25) is 5.88 Å². The lowest BCUT2D eigenvalue weighted by Crippen LogP contribution is -2.47. The molecule has 1 aromatic heterocycles. The highest BCUT2D eigenvalue weighted by Crippen LogP contribution is 2.32. The molecule has 25 heavy (non-hydrogen) atoms. The van der Waals surface area contributed by atoms with Gasteiger partial charge >= 0.3 is 0 Å². The van der Waals surface area contributed by atoms with Gasteiger partial charge in [-0.25, -0.2) is 9.97 Å². The van der Waals surface area contributed by atoms with E-state index in [-0.39, 0.29) is 0 Å². The average molecular weight is 336 g/mol. The molecule has 0 bridgehead atoms. The molecular formula is C18H16N4O3. The van der Waals surface area contributed by atoms with E-state index in [1.165, 1.54) is 0 Å². The number of carbonyl (C=O) groups excluding carboxylic acids is 1. The number of aryl methyl sites for hydroxylation is 1. The van der Waals surface area contributed by atoms with Crippen molar-refractivity contribution in [2.45, 2.75) is 19.4 Å². The molecule has 0 saturated carbocycles. The third-order valence-electron chi connectivity index (χ3n) is 4.16. The van der Waals surface area contributed by atoms with Crippen molar-refractivity contribution in [3.8, 4) is 11.6 Å². The number of para-hydroxylation sites is 2. The fourth-order valence-corrected chi connectivity index (χ4v) is 2.88. The number of hydrogen-bond acceptors (Lipinski definition) is 6. The first-order valence-corrected chi connectivity index (χ1v) is 7.85. The van der Waals surface area contributed by atoms with Crippen LogP contribution in [0.15, 0.2) is 42.5 Å². The second-order valence-corrected chi connectivity index (χ2v) is 5.96. The number of amides is 1. The lowest BCUT2D eigenvalue weighted by Gasteiger charge is -2.27. The summed E-state index contributed by atoms with van der Waals surface area (Å²) >= 11 is 0. The Morgan fingerprint density at radius 1 is 1.20 bits per heavy atom. The van der Waals surface area contributed by atoms with Gasteiger partial charge in [0.05, 0.1) is 22.8 Å². The number of nitrogens with zero attached hydrogens (tertiary/aromatic N) is 3. The number of rotatable bonds is 2. The normalized spacial score (nSPS) is 16.8. The minimum Gasteiger partial charge on any atom is -0.437 e. The second-order valence-electron chi connectivity index (χ2n) is 5.96. The Hall–Kier alpha value is -3.03. The summed E-state index contributed by atoms with van der Waals surface area (Å²) < 4.78 is 5.88. The highest BCUT2D eigenvalue weighted by molar-refractivity contribution is 5.98. The molecular weight excluding hydrogens is 320 g/mol. The topological polar surface area (TPSA) is 102 Å². The summed E-state index contributed by atoms with van der Waals surface area (Å²) in [7, 11) is 0. The Labute approximate surface area is 143 Å². The van der Waals surface area contributed by atoms with Crippen LogP contribution in [0.3, 0.4) is 0 Å². The first-order valence-electron chi connectivity index (χ1n) is 7.85. The van der Waals surface area contributed by atoms with Crippen LogP contribution in [-0.4, -0.2) is 27.1 Å². The SMILES string of the molecule is Cc1nc2ccccc2nc1Oc1ccc2c(c1)CC(N)C(=O)N2O. The quantitative estimate of drug-likeness (QED) is 0.697. The molecule has 0 spiro atoms. The molecule has 1 amide bonds. The van der Waals surface area contributed by atoms with E-state index in [0.717, 1.165) is 16.6 Å². The van der Waals surface area contributed by atoms with Crippen molar-refractivity contribution >= 4 is 22.6 Å². The summed E-state index contributed by atoms with van der Waals surface area (Å²) in [6.45, 7) is 1.83. The molecule has 1 aliphatic rings. The molecule has 2 heterocycles. The number of fused-ring (bicyclic) bond motifs is 2. The molecule has 3 N–H and O–H groups in total. The summed E-state index contributed by atoms with van der Waals surface area (Å²) in [5, 5.41) is 10.5. The van der Waals surface area contributed by atoms with Crippen molar-refractivity contribution in [2.24, 2.45) is 5.73 Å². The van der Waals surface area contributed by atoms with E-state index >= 15 is 0 Å². The lowest BCUT2D eigenvalue weighted by molar-refractivity contribution is -0.125. The van der Waals surface area contributed by atoms with Crippen LogP contribution in [-0.2, 0) is 11.2 Å². The molecule has 1 unspecified atom stereocenters. The fourth-order valence-electron chi connectivity index (χ4n) is 2.88. The third kappa shape index (κ3) is 2.69. The van der Waals surface area contributed by atoms with Gasteiger partial charge in [0, 0.05) is 0 Å². The number of benzene rings is 2. The fraction of sp³-hybridized carbons (Fsp3) is 0.167. The van der Waals surface area contributed by atoms with Gasteiger partial charge in [-0.3, -0.25) is 10.0 Å². The van der Waals surface area contributed by atoms with E-state index in [9.17, 15) is 10.0 Å². The Morgan fingerprint density at radius 3 is 2.68 bits per heavy atom. The summed E-state index contributed by atoms with van der Waals surface area (Å²) in [6.07, 6.45) is 0.338. The molecule has 0 radical (unpaired) electrons. The monoisotopic (exact) mass is 336 g/mol. The number of hydroxylamine groups is 1. The molecule has 0 saturated heterocycles. The largest absolute Gasteiger partial charge is 0.437 e. The molecule has 2 aromatic carbocycles. The maximum absolute atomic E-state index is 11.7. The van der Waals surface area contributed by atoms with Crippen LogP contribution in [0.5, 0.6) is 11.6 Å². The first kappa shape index (κ1) is 15.5. The molecule has 7 heteroatoms. The summed E-state index contributed by atoms with van der Waals surface area (Å²) in [6, 6.07) is 11.8. The van der Waals surface area contributed by atoms with Gasteiger partial charge in [-0.2, -0.15) is 5.06 Å². The molecule has 1 aliphatic heterocycles. The molecule has 126 valence electrons. The summed E-state index contributed by atoms with van der Waals surface area (Å²) in [5.41, 5.74) is 9.13. The van der Waals surface area contributed by atoms with Crippen LogP contribution in [0, 0.1) is 6.92 Å². The first-order chi connectivity index (χ1) is 12.0. The van der Waals surface area contributed by atoms with Crippen LogP contribution in [0.1, 0.15) is 11.3 Å². The van der Waals surface area contributed by atoms with Gasteiger partial charge in [0.1, 0.15) is 11.4 Å². The van der Waals surface area contributed by atoms with Crippen LogP contribution < -0.4 is 15.5 Å². The third-order valence-corrected chi connectivity index (χ3v) is 4.16. The molecule has 4 rings (SSSR count). The molecule has 7 nitrogen and oxygen atoms in total. The smallest absolute Gasteiger partial charge is 0.267 e. The number of ether oxygens (including phenoxy) is 1. The highest BCUT2D eigenvalue weighted by atomic mass is 16.5. The standard InChI is InChI=1S/C18H16N4O3/c1-10-17(21-15-5-3-2-4-14(15)20-10)25-12-6-7-16-11(8-12)9-13(19)18(23)22(16)24/h2-8,13,24H,9,19H2,1H3. The summed E-state index contributed by atoms with van der Waals surface area (Å²) in [4.78, 5) is 20.7. The van der Waals surface area contributed by atoms with Crippen molar-refractivity contribution in [3.63, 3.8) is 0 Å². The van der Waals surface area contributed by atoms with Crippen LogP contribution in [0.2, 0.25) is 0 Å². The number of aromatic nitrogens is 2. The predicted molar refractivity (Wildman–Crippen MR) is 91.7 cm³/mol. The predicted octanol–water partition coefficient (Wildman–Crippen LogP) is 2.34. The van der Waals surface area contributed by atoms with Gasteiger partial charge < -0.3 is 10.5 Å². The zero-order valence-electron chi connectivity index (χ0n) is 13.5. The van der Waals surface area contributed by atoms with Gasteiger partial charge in [-0.15, -0.1) is 0 Å². The molecule has 0 aliphatic carbocycles. The maximum atomic E-state index is 11.7. The van der Waals surface area contributed by atoms with Crippen LogP contribution >= 0.6 is 0 Å². The minimum absolute atomic E-state index is 0.338. The Balaban J connectivity index is 1.69. The zero-order chi connectivity index (χ0) is 17.6. The Morgan fingerprint density at radius 2 is 1.92 bits per heavy atom. The lowest BCUT2D eigenvalue weighted by atomic mass is 9.99. The average Bonchev–Trinajstić information content (AvgIpc) is 2.60. The minimum atomic E-state index is -0.769. The van der Waals surface area contributed by atoms with Crippen molar-refractivity contribution in [3.05, 3.63) is 53.7 Å². The van der Waals surface area contributed by atoms with Gasteiger partial charge in [0.25, 0.3) is 5.91 Å². The van der Waals surface area contributed by atoms with Crippen molar-refractivity contribution < 1.29 is 14.7 Å². The second kappa shape index (κ2) is 5.80. The number of carbonyl (C=O) groups is 1. The molecule has 0 fully saturated rings. The van der Waals surface area contributed by atoms with Gasteiger partial charge in [-0.05, 0) is 49.2 Å². The van der Waals surface area contributed by atoms with E-state index < -0.39 is 11.9 Å². The number of nitrogens with two attached hydrogens (primary N) is 1. The number of anilines is 1. The van der Waals surface area contributed by atoms with Crippen molar-refractivity contribution in [2.75, 3.05) is 5.06 Å². The molecule has 3 aromatic rings. The highest BCUT2D eigenvalue weighted by Gasteiger charge is 2.30. The van der Waals surface area contributed by atoms with E-state index in [1.54, 1.807) is 18.2 Å². The number of hydrogen-bond donors (Lipinski definition) is 2. The van der Waals surface area contributed by atoms with E-state index in [2.05, 4.69) is 9.97 Å². The Kier molecular flexibility index (Phi) is 3.60. The summed E-state index contributed by atoms with van der Waals surface area (Å²) in [5.74, 6) is 0.439. The van der Waals surface area contributed by atoms with E-state index in [0.29, 0.717) is 34.5 Å². The van der Waals surface area contributed by atoms with Crippen LogP contribution in [0.4, 0.5) is 5.69 Å². The van der Waals surface area contributed by atoms with Crippen LogP contribution in [0.25, 0.3) is 11.0 Å². The molecule has 1 atom stereocenters. The van der Waals surface area contributed by atoms with Gasteiger partial charge in [-0.1, -0.05) is 12.1 Å². The Bertz CT molecular complexity index is 989. The zero-order valence-corrected chi connectivity index (χ0v) is 13.5. The van der Waals surface area contributed by atoms with Crippen molar-refractivity contribution in [1.29, 1.82) is 0 Å². The van der Waals surface area contributed by atoms with E-state index in [4.69, 9.17) is 10.5 Å². The maximum Gasteiger partial charge on any atom is 0.267 e.